The Labute approximate surface area is 125 Å². The monoisotopic (exact) mass is 325 g/mol. The molecule has 0 saturated carbocycles. The standard InChI is InChI=1S/C13H18F3NO5/c1-4-11(2)7-21-12(3,13(14,15)16)17(9(11)18)5-8-6-20-10(19)22-8/h8H,4-7H2,1-3H3. The molecule has 2 fully saturated rings. The minimum Gasteiger partial charge on any atom is -0.430 e. The summed E-state index contributed by atoms with van der Waals surface area (Å²) in [6.07, 6.45) is -6.35. The summed E-state index contributed by atoms with van der Waals surface area (Å²) in [6.45, 7) is 3.10. The lowest BCUT2D eigenvalue weighted by molar-refractivity contribution is -0.340. The highest BCUT2D eigenvalue weighted by Crippen LogP contribution is 2.44. The van der Waals surface area contributed by atoms with Crippen molar-refractivity contribution in [1.82, 2.24) is 4.90 Å². The van der Waals surface area contributed by atoms with Crippen LogP contribution in [0.25, 0.3) is 0 Å². The van der Waals surface area contributed by atoms with Crippen molar-refractivity contribution in [1.29, 1.82) is 0 Å². The summed E-state index contributed by atoms with van der Waals surface area (Å²) in [5, 5.41) is 0. The number of amides is 1. The SMILES string of the molecule is CCC1(C)COC(C)(C(F)(F)F)N(CC2COC(=O)O2)C1=O. The number of alkyl halides is 3. The molecule has 2 heterocycles. The van der Waals surface area contributed by atoms with Crippen LogP contribution in [0.15, 0.2) is 0 Å². The molecule has 9 heteroatoms. The summed E-state index contributed by atoms with van der Waals surface area (Å²) < 4.78 is 54.5. The van der Waals surface area contributed by atoms with Crippen molar-refractivity contribution < 1.29 is 37.0 Å². The Bertz CT molecular complexity index is 483. The number of hydrogen-bond donors (Lipinski definition) is 0. The fraction of sp³-hybridized carbons (Fsp3) is 0.846. The van der Waals surface area contributed by atoms with E-state index >= 15 is 0 Å². The molecule has 126 valence electrons. The molecular formula is C13H18F3NO5. The van der Waals surface area contributed by atoms with Gasteiger partial charge in [0.1, 0.15) is 6.61 Å². The second kappa shape index (κ2) is 5.29. The lowest BCUT2D eigenvalue weighted by atomic mass is 9.84. The van der Waals surface area contributed by atoms with Gasteiger partial charge in [0.2, 0.25) is 11.6 Å². The predicted octanol–water partition coefficient (Wildman–Crippen LogP) is 2.08. The molecule has 0 N–H and O–H groups in total. The predicted molar refractivity (Wildman–Crippen MR) is 66.7 cm³/mol. The van der Waals surface area contributed by atoms with Gasteiger partial charge in [0.15, 0.2) is 6.10 Å². The zero-order chi connectivity index (χ0) is 16.8. The largest absolute Gasteiger partial charge is 0.508 e. The highest BCUT2D eigenvalue weighted by Gasteiger charge is 2.63. The Morgan fingerprint density at radius 1 is 1.32 bits per heavy atom. The van der Waals surface area contributed by atoms with Gasteiger partial charge in [-0.15, -0.1) is 0 Å². The van der Waals surface area contributed by atoms with Crippen LogP contribution in [-0.2, 0) is 19.0 Å². The fourth-order valence-corrected chi connectivity index (χ4v) is 2.36. The Balaban J connectivity index is 2.31. The normalized spacial score (nSPS) is 36.3. The van der Waals surface area contributed by atoms with E-state index in [1.807, 2.05) is 0 Å². The second-order valence-electron chi connectivity index (χ2n) is 5.90. The third-order valence-electron chi connectivity index (χ3n) is 4.29. The Hall–Kier alpha value is -1.51. The average Bonchev–Trinajstić information content (AvgIpc) is 2.84. The number of rotatable bonds is 3. The van der Waals surface area contributed by atoms with E-state index in [0.717, 1.165) is 6.92 Å². The van der Waals surface area contributed by atoms with Gasteiger partial charge in [-0.1, -0.05) is 6.92 Å². The number of carbonyl (C=O) groups is 2. The van der Waals surface area contributed by atoms with Crippen LogP contribution < -0.4 is 0 Å². The molecule has 0 aromatic rings. The van der Waals surface area contributed by atoms with E-state index in [4.69, 9.17) is 9.47 Å². The quantitative estimate of drug-likeness (QED) is 0.743. The fourth-order valence-electron chi connectivity index (χ4n) is 2.36. The van der Waals surface area contributed by atoms with Crippen LogP contribution in [0.1, 0.15) is 27.2 Å². The zero-order valence-corrected chi connectivity index (χ0v) is 12.5. The lowest BCUT2D eigenvalue weighted by Gasteiger charge is -2.50. The molecule has 2 aliphatic rings. The van der Waals surface area contributed by atoms with E-state index in [-0.39, 0.29) is 13.2 Å². The van der Waals surface area contributed by atoms with Crippen LogP contribution in [0.3, 0.4) is 0 Å². The van der Waals surface area contributed by atoms with Crippen molar-refractivity contribution in [2.75, 3.05) is 19.8 Å². The first kappa shape index (κ1) is 16.9. The van der Waals surface area contributed by atoms with Crippen molar-refractivity contribution in [2.24, 2.45) is 5.41 Å². The van der Waals surface area contributed by atoms with Gasteiger partial charge in [0.05, 0.1) is 18.6 Å². The molecule has 2 rings (SSSR count). The van der Waals surface area contributed by atoms with Gasteiger partial charge >= 0.3 is 12.3 Å². The number of cyclic esters (lactones) is 2. The van der Waals surface area contributed by atoms with Crippen molar-refractivity contribution in [3.05, 3.63) is 0 Å². The van der Waals surface area contributed by atoms with E-state index in [1.54, 1.807) is 13.8 Å². The molecule has 0 spiro atoms. The van der Waals surface area contributed by atoms with Gasteiger partial charge in [-0.2, -0.15) is 13.2 Å². The Kier molecular flexibility index (Phi) is 4.05. The Morgan fingerprint density at radius 3 is 2.41 bits per heavy atom. The number of nitrogens with zero attached hydrogens (tertiary/aromatic N) is 1. The lowest BCUT2D eigenvalue weighted by Crippen LogP contribution is -2.69. The molecule has 1 amide bonds. The first-order chi connectivity index (χ1) is 10.0. The van der Waals surface area contributed by atoms with Crippen LogP contribution in [0.5, 0.6) is 0 Å². The number of hydrogen-bond acceptors (Lipinski definition) is 5. The molecule has 0 radical (unpaired) electrons. The molecule has 3 unspecified atom stereocenters. The number of halogens is 3. The van der Waals surface area contributed by atoms with Gasteiger partial charge in [0.25, 0.3) is 0 Å². The van der Waals surface area contributed by atoms with Crippen LogP contribution in [0.4, 0.5) is 18.0 Å². The van der Waals surface area contributed by atoms with Crippen LogP contribution in [-0.4, -0.2) is 54.7 Å². The van der Waals surface area contributed by atoms with Gasteiger partial charge < -0.3 is 19.1 Å². The maximum atomic E-state index is 13.4. The highest BCUT2D eigenvalue weighted by atomic mass is 19.4. The molecule has 0 aromatic heterocycles. The van der Waals surface area contributed by atoms with E-state index in [1.165, 1.54) is 0 Å². The van der Waals surface area contributed by atoms with E-state index in [0.29, 0.717) is 11.3 Å². The third kappa shape index (κ3) is 2.62. The van der Waals surface area contributed by atoms with Crippen molar-refractivity contribution >= 4 is 12.1 Å². The van der Waals surface area contributed by atoms with E-state index in [2.05, 4.69) is 4.74 Å². The van der Waals surface area contributed by atoms with Crippen molar-refractivity contribution in [3.8, 4) is 0 Å². The minimum absolute atomic E-state index is 0.195. The summed E-state index contributed by atoms with van der Waals surface area (Å²) in [5.74, 6) is -0.677. The average molecular weight is 325 g/mol. The zero-order valence-electron chi connectivity index (χ0n) is 12.5. The smallest absolute Gasteiger partial charge is 0.430 e. The summed E-state index contributed by atoms with van der Waals surface area (Å²) >= 11 is 0. The van der Waals surface area contributed by atoms with Gasteiger partial charge in [-0.25, -0.2) is 4.79 Å². The molecular weight excluding hydrogens is 307 g/mol. The Morgan fingerprint density at radius 2 is 1.95 bits per heavy atom. The molecule has 0 aromatic carbocycles. The molecule has 0 bridgehead atoms. The maximum Gasteiger partial charge on any atom is 0.508 e. The van der Waals surface area contributed by atoms with Crippen LogP contribution >= 0.6 is 0 Å². The van der Waals surface area contributed by atoms with Crippen LogP contribution in [0.2, 0.25) is 0 Å². The first-order valence-corrected chi connectivity index (χ1v) is 6.89. The summed E-state index contributed by atoms with van der Waals surface area (Å²) in [5.41, 5.74) is -3.80. The molecule has 2 saturated heterocycles. The third-order valence-corrected chi connectivity index (χ3v) is 4.29. The molecule has 2 aliphatic heterocycles. The first-order valence-electron chi connectivity index (χ1n) is 6.89. The van der Waals surface area contributed by atoms with Crippen molar-refractivity contribution in [2.45, 2.75) is 45.2 Å². The van der Waals surface area contributed by atoms with Gasteiger partial charge in [-0.3, -0.25) is 4.79 Å². The molecule has 6 nitrogen and oxygen atoms in total. The van der Waals surface area contributed by atoms with E-state index in [9.17, 15) is 22.8 Å². The maximum absolute atomic E-state index is 13.4. The topological polar surface area (TPSA) is 65.1 Å². The minimum atomic E-state index is -4.78. The number of ether oxygens (including phenoxy) is 3. The highest BCUT2D eigenvalue weighted by molar-refractivity contribution is 5.84. The molecule has 0 aliphatic carbocycles. The molecule has 22 heavy (non-hydrogen) atoms. The van der Waals surface area contributed by atoms with Crippen LogP contribution in [0, 0.1) is 5.41 Å². The molecule has 3 atom stereocenters. The van der Waals surface area contributed by atoms with Gasteiger partial charge in [0, 0.05) is 0 Å². The summed E-state index contributed by atoms with van der Waals surface area (Å²) in [4.78, 5) is 24.1. The second-order valence-corrected chi connectivity index (χ2v) is 5.90. The number of carbonyl (C=O) groups excluding carboxylic acids is 2. The summed E-state index contributed by atoms with van der Waals surface area (Å²) in [6, 6.07) is 0. The summed E-state index contributed by atoms with van der Waals surface area (Å²) in [7, 11) is 0. The van der Waals surface area contributed by atoms with Gasteiger partial charge in [-0.05, 0) is 20.3 Å². The van der Waals surface area contributed by atoms with Crippen molar-refractivity contribution in [3.63, 3.8) is 0 Å². The van der Waals surface area contributed by atoms with E-state index < -0.39 is 42.0 Å².